The Bertz CT molecular complexity index is 173. The molecule has 1 atom stereocenters. The average molecular weight is 169 g/mol. The Morgan fingerprint density at radius 3 is 2.67 bits per heavy atom. The van der Waals surface area contributed by atoms with Crippen LogP contribution in [0.25, 0.3) is 0 Å². The van der Waals surface area contributed by atoms with Gasteiger partial charge >= 0.3 is 0 Å². The fourth-order valence-corrected chi connectivity index (χ4v) is 2.68. The van der Waals surface area contributed by atoms with Crippen LogP contribution in [-0.4, -0.2) is 30.3 Å². The van der Waals surface area contributed by atoms with Crippen LogP contribution in [0.4, 0.5) is 0 Å². The van der Waals surface area contributed by atoms with Gasteiger partial charge in [0.1, 0.15) is 0 Å². The van der Waals surface area contributed by atoms with E-state index in [9.17, 15) is 0 Å². The lowest BCUT2D eigenvalue weighted by Crippen LogP contribution is -2.51. The van der Waals surface area contributed by atoms with Crippen LogP contribution in [0.15, 0.2) is 0 Å². The Morgan fingerprint density at radius 2 is 2.08 bits per heavy atom. The van der Waals surface area contributed by atoms with E-state index >= 15 is 0 Å². The molecule has 0 spiro atoms. The van der Waals surface area contributed by atoms with Gasteiger partial charge in [-0.15, -0.1) is 0 Å². The van der Waals surface area contributed by atoms with Gasteiger partial charge in [0.15, 0.2) is 0 Å². The molecule has 2 fully saturated rings. The van der Waals surface area contributed by atoms with Crippen molar-refractivity contribution in [3.63, 3.8) is 0 Å². The van der Waals surface area contributed by atoms with Gasteiger partial charge < -0.3 is 4.74 Å². The van der Waals surface area contributed by atoms with Gasteiger partial charge in [-0.1, -0.05) is 20.8 Å². The molecule has 0 bridgehead atoms. The molecule has 0 aromatic rings. The van der Waals surface area contributed by atoms with E-state index in [0.717, 1.165) is 13.3 Å². The van der Waals surface area contributed by atoms with Crippen molar-refractivity contribution in [1.82, 2.24) is 4.90 Å². The third-order valence-electron chi connectivity index (χ3n) is 3.61. The minimum absolute atomic E-state index is 0.354. The predicted octanol–water partition coefficient (Wildman–Crippen LogP) is 1.85. The highest BCUT2D eigenvalue weighted by Gasteiger charge is 2.52. The largest absolute Gasteiger partial charge is 0.364 e. The zero-order valence-corrected chi connectivity index (χ0v) is 8.39. The van der Waals surface area contributed by atoms with Crippen molar-refractivity contribution in [2.75, 3.05) is 19.9 Å². The number of ether oxygens (including phenoxy) is 1. The summed E-state index contributed by atoms with van der Waals surface area (Å²) >= 11 is 0. The van der Waals surface area contributed by atoms with Crippen LogP contribution in [-0.2, 0) is 4.74 Å². The summed E-state index contributed by atoms with van der Waals surface area (Å²) in [6.07, 6.45) is 2.66. The lowest BCUT2D eigenvalue weighted by molar-refractivity contribution is 0.0748. The molecule has 0 aromatic carbocycles. The molecular weight excluding hydrogens is 150 g/mol. The Balaban J connectivity index is 2.28. The van der Waals surface area contributed by atoms with Crippen molar-refractivity contribution >= 4 is 0 Å². The number of hydrogen-bond acceptors (Lipinski definition) is 2. The predicted molar refractivity (Wildman–Crippen MR) is 48.9 cm³/mol. The Kier molecular flexibility index (Phi) is 1.74. The summed E-state index contributed by atoms with van der Waals surface area (Å²) < 4.78 is 5.57. The van der Waals surface area contributed by atoms with Crippen molar-refractivity contribution in [3.8, 4) is 0 Å². The van der Waals surface area contributed by atoms with E-state index < -0.39 is 0 Å². The molecule has 0 saturated carbocycles. The molecule has 70 valence electrons. The molecule has 2 heteroatoms. The third kappa shape index (κ3) is 0.944. The second kappa shape index (κ2) is 2.46. The van der Waals surface area contributed by atoms with Gasteiger partial charge in [0.25, 0.3) is 0 Å². The van der Waals surface area contributed by atoms with Gasteiger partial charge in [-0.25, -0.2) is 0 Å². The van der Waals surface area contributed by atoms with Crippen LogP contribution in [0.1, 0.15) is 33.6 Å². The van der Waals surface area contributed by atoms with Gasteiger partial charge in [0.05, 0.1) is 18.9 Å². The molecular formula is C10H19NO. The van der Waals surface area contributed by atoms with Crippen molar-refractivity contribution in [3.05, 3.63) is 0 Å². The Morgan fingerprint density at radius 1 is 1.33 bits per heavy atom. The Labute approximate surface area is 74.9 Å². The molecule has 12 heavy (non-hydrogen) atoms. The van der Waals surface area contributed by atoms with Crippen LogP contribution in [0.5, 0.6) is 0 Å². The van der Waals surface area contributed by atoms with E-state index in [2.05, 4.69) is 25.7 Å². The second-order valence-electron chi connectivity index (χ2n) is 5.13. The summed E-state index contributed by atoms with van der Waals surface area (Å²) in [5.41, 5.74) is 0.715. The quantitative estimate of drug-likeness (QED) is 0.549. The molecule has 2 nitrogen and oxygen atoms in total. The average Bonchev–Trinajstić information content (AvgIpc) is 2.37. The van der Waals surface area contributed by atoms with E-state index in [0.29, 0.717) is 11.0 Å². The molecule has 0 N–H and O–H groups in total. The zero-order chi connectivity index (χ0) is 8.82. The zero-order valence-electron chi connectivity index (χ0n) is 8.39. The molecule has 2 aliphatic heterocycles. The fourth-order valence-electron chi connectivity index (χ4n) is 2.68. The highest BCUT2D eigenvalue weighted by atomic mass is 16.5. The first-order valence-electron chi connectivity index (χ1n) is 4.89. The lowest BCUT2D eigenvalue weighted by Gasteiger charge is -2.42. The van der Waals surface area contributed by atoms with Crippen molar-refractivity contribution in [1.29, 1.82) is 0 Å². The maximum absolute atomic E-state index is 5.57. The van der Waals surface area contributed by atoms with Crippen molar-refractivity contribution in [2.24, 2.45) is 5.41 Å². The van der Waals surface area contributed by atoms with E-state index in [4.69, 9.17) is 4.74 Å². The molecule has 2 saturated heterocycles. The summed E-state index contributed by atoms with van der Waals surface area (Å²) in [6.45, 7) is 10.0. The first kappa shape index (κ1) is 8.52. The smallest absolute Gasteiger partial charge is 0.0996 e. The van der Waals surface area contributed by atoms with Gasteiger partial charge in [-0.3, -0.25) is 4.90 Å². The van der Waals surface area contributed by atoms with Gasteiger partial charge in [0.2, 0.25) is 0 Å². The van der Waals surface area contributed by atoms with Crippen LogP contribution in [0.3, 0.4) is 0 Å². The van der Waals surface area contributed by atoms with Crippen molar-refractivity contribution < 1.29 is 4.74 Å². The number of fused-ring (bicyclic) bond motifs is 1. The summed E-state index contributed by atoms with van der Waals surface area (Å²) in [7, 11) is 0. The van der Waals surface area contributed by atoms with Gasteiger partial charge in [0, 0.05) is 6.54 Å². The maximum Gasteiger partial charge on any atom is 0.0996 e. The molecule has 1 unspecified atom stereocenters. The molecule has 0 amide bonds. The first-order chi connectivity index (χ1) is 5.56. The van der Waals surface area contributed by atoms with E-state index in [1.54, 1.807) is 0 Å². The minimum Gasteiger partial charge on any atom is -0.364 e. The molecule has 0 radical (unpaired) electrons. The summed E-state index contributed by atoms with van der Waals surface area (Å²) in [5, 5.41) is 0. The maximum atomic E-state index is 5.57. The molecule has 2 heterocycles. The van der Waals surface area contributed by atoms with Crippen LogP contribution in [0, 0.1) is 5.41 Å². The van der Waals surface area contributed by atoms with Gasteiger partial charge in [-0.2, -0.15) is 0 Å². The first-order valence-corrected chi connectivity index (χ1v) is 4.89. The highest BCUT2D eigenvalue weighted by molar-refractivity contribution is 5.05. The minimum atomic E-state index is 0.354. The number of hydrogen-bond donors (Lipinski definition) is 0. The monoisotopic (exact) mass is 169 g/mol. The molecule has 0 aromatic heterocycles. The lowest BCUT2D eigenvalue weighted by atomic mass is 9.73. The third-order valence-corrected chi connectivity index (χ3v) is 3.61. The van der Waals surface area contributed by atoms with Crippen LogP contribution in [0.2, 0.25) is 0 Å². The van der Waals surface area contributed by atoms with Gasteiger partial charge in [-0.05, 0) is 18.3 Å². The molecule has 2 rings (SSSR count). The highest BCUT2D eigenvalue weighted by Crippen LogP contribution is 2.46. The van der Waals surface area contributed by atoms with E-state index in [-0.39, 0.29) is 0 Å². The number of nitrogens with zero attached hydrogens (tertiary/aromatic N) is 1. The standard InChI is InChI=1S/C10H19NO/c1-9(2,3)10-5-4-6-11(10)8-12-7-10/h4-8H2,1-3H3. The van der Waals surface area contributed by atoms with Crippen LogP contribution < -0.4 is 0 Å². The molecule has 0 aliphatic carbocycles. The molecule has 2 aliphatic rings. The van der Waals surface area contributed by atoms with Crippen molar-refractivity contribution in [2.45, 2.75) is 39.2 Å². The number of rotatable bonds is 0. The summed E-state index contributed by atoms with van der Waals surface area (Å²) in [6, 6.07) is 0. The normalized spacial score (nSPS) is 37.2. The SMILES string of the molecule is CC(C)(C)C12CCCN1COC2. The van der Waals surface area contributed by atoms with E-state index in [1.807, 2.05) is 0 Å². The summed E-state index contributed by atoms with van der Waals surface area (Å²) in [4.78, 5) is 2.52. The van der Waals surface area contributed by atoms with E-state index in [1.165, 1.54) is 19.4 Å². The summed E-state index contributed by atoms with van der Waals surface area (Å²) in [5.74, 6) is 0. The topological polar surface area (TPSA) is 12.5 Å². The fraction of sp³-hybridized carbons (Fsp3) is 1.00. The Hall–Kier alpha value is -0.0800. The second-order valence-corrected chi connectivity index (χ2v) is 5.13. The van der Waals surface area contributed by atoms with Crippen LogP contribution >= 0.6 is 0 Å².